The van der Waals surface area contributed by atoms with Gasteiger partial charge >= 0.3 is 0 Å². The number of carbonyl (C=O) groups excluding carboxylic acids is 1. The molecule has 3 nitrogen and oxygen atoms in total. The van der Waals surface area contributed by atoms with Crippen LogP contribution in [0.15, 0.2) is 46.9 Å². The maximum atomic E-state index is 11.9. The molecule has 23 heavy (non-hydrogen) atoms. The SMILES string of the molecule is CCCCc1ccc(NC(=O)COc2ccc(Br)c(C)c2)cc1. The van der Waals surface area contributed by atoms with Crippen LogP contribution < -0.4 is 10.1 Å². The molecule has 0 aliphatic heterocycles. The summed E-state index contributed by atoms with van der Waals surface area (Å²) in [6.45, 7) is 4.16. The van der Waals surface area contributed by atoms with Crippen molar-refractivity contribution in [3.63, 3.8) is 0 Å². The third kappa shape index (κ3) is 5.71. The molecule has 0 heterocycles. The Bertz CT molecular complexity index is 653. The van der Waals surface area contributed by atoms with Crippen LogP contribution in [0.3, 0.4) is 0 Å². The van der Waals surface area contributed by atoms with Gasteiger partial charge in [-0.25, -0.2) is 0 Å². The Morgan fingerprint density at radius 2 is 1.91 bits per heavy atom. The van der Waals surface area contributed by atoms with Crippen LogP contribution in [0.25, 0.3) is 0 Å². The molecule has 2 aromatic rings. The number of ether oxygens (including phenoxy) is 1. The van der Waals surface area contributed by atoms with E-state index in [-0.39, 0.29) is 12.5 Å². The van der Waals surface area contributed by atoms with Crippen LogP contribution in [-0.2, 0) is 11.2 Å². The van der Waals surface area contributed by atoms with Crippen molar-refractivity contribution >= 4 is 27.5 Å². The molecule has 0 aliphatic rings. The molecular formula is C19H22BrNO2. The second kappa shape index (κ2) is 8.73. The van der Waals surface area contributed by atoms with E-state index in [1.165, 1.54) is 18.4 Å². The van der Waals surface area contributed by atoms with Gasteiger partial charge in [0.05, 0.1) is 0 Å². The minimum atomic E-state index is -0.160. The van der Waals surface area contributed by atoms with E-state index in [0.29, 0.717) is 5.75 Å². The highest BCUT2D eigenvalue weighted by Crippen LogP contribution is 2.21. The van der Waals surface area contributed by atoms with E-state index in [4.69, 9.17) is 4.74 Å². The summed E-state index contributed by atoms with van der Waals surface area (Å²) in [4.78, 5) is 11.9. The van der Waals surface area contributed by atoms with Crippen molar-refractivity contribution in [2.45, 2.75) is 33.1 Å². The Labute approximate surface area is 146 Å². The lowest BCUT2D eigenvalue weighted by Gasteiger charge is -2.09. The van der Waals surface area contributed by atoms with Gasteiger partial charge in [0.25, 0.3) is 5.91 Å². The van der Waals surface area contributed by atoms with Crippen LogP contribution in [0.1, 0.15) is 30.9 Å². The molecule has 0 saturated carbocycles. The first-order valence-corrected chi connectivity index (χ1v) is 8.65. The summed E-state index contributed by atoms with van der Waals surface area (Å²) >= 11 is 3.44. The number of unbranched alkanes of at least 4 members (excludes halogenated alkanes) is 1. The standard InChI is InChI=1S/C19H22BrNO2/c1-3-4-5-15-6-8-16(9-7-15)21-19(22)13-23-17-10-11-18(20)14(2)12-17/h6-12H,3-5,13H2,1-2H3,(H,21,22). The van der Waals surface area contributed by atoms with Gasteiger partial charge < -0.3 is 10.1 Å². The monoisotopic (exact) mass is 375 g/mol. The van der Waals surface area contributed by atoms with Crippen molar-refractivity contribution in [2.24, 2.45) is 0 Å². The molecule has 122 valence electrons. The van der Waals surface area contributed by atoms with E-state index < -0.39 is 0 Å². The zero-order valence-corrected chi connectivity index (χ0v) is 15.2. The van der Waals surface area contributed by atoms with Crippen LogP contribution in [0.5, 0.6) is 5.75 Å². The summed E-state index contributed by atoms with van der Waals surface area (Å²) in [6.07, 6.45) is 3.45. The van der Waals surface area contributed by atoms with Crippen molar-refractivity contribution < 1.29 is 9.53 Å². The third-order valence-corrected chi connectivity index (χ3v) is 4.45. The lowest BCUT2D eigenvalue weighted by Crippen LogP contribution is -2.20. The molecule has 0 atom stereocenters. The highest BCUT2D eigenvalue weighted by molar-refractivity contribution is 9.10. The van der Waals surface area contributed by atoms with E-state index in [2.05, 4.69) is 40.3 Å². The number of rotatable bonds is 7. The summed E-state index contributed by atoms with van der Waals surface area (Å²) < 4.78 is 6.55. The second-order valence-corrected chi connectivity index (χ2v) is 6.40. The molecule has 0 radical (unpaired) electrons. The molecule has 0 aromatic heterocycles. The smallest absolute Gasteiger partial charge is 0.262 e. The van der Waals surface area contributed by atoms with Gasteiger partial charge in [-0.1, -0.05) is 41.4 Å². The first kappa shape index (κ1) is 17.5. The molecule has 0 fully saturated rings. The number of anilines is 1. The zero-order valence-electron chi connectivity index (χ0n) is 13.6. The van der Waals surface area contributed by atoms with Crippen LogP contribution in [0.4, 0.5) is 5.69 Å². The molecule has 1 amide bonds. The third-order valence-electron chi connectivity index (χ3n) is 3.56. The van der Waals surface area contributed by atoms with Gasteiger partial charge in [-0.15, -0.1) is 0 Å². The van der Waals surface area contributed by atoms with Crippen molar-refractivity contribution in [3.05, 3.63) is 58.1 Å². The largest absolute Gasteiger partial charge is 0.484 e. The number of amides is 1. The molecular weight excluding hydrogens is 354 g/mol. The molecule has 2 rings (SSSR count). The van der Waals surface area contributed by atoms with Crippen molar-refractivity contribution in [3.8, 4) is 5.75 Å². The van der Waals surface area contributed by atoms with Crippen molar-refractivity contribution in [1.29, 1.82) is 0 Å². The van der Waals surface area contributed by atoms with Gasteiger partial charge in [0.2, 0.25) is 0 Å². The van der Waals surface area contributed by atoms with E-state index in [9.17, 15) is 4.79 Å². The summed E-state index contributed by atoms with van der Waals surface area (Å²) in [7, 11) is 0. The predicted molar refractivity (Wildman–Crippen MR) is 98.1 cm³/mol. The second-order valence-electron chi connectivity index (χ2n) is 5.55. The molecule has 0 unspecified atom stereocenters. The molecule has 0 bridgehead atoms. The van der Waals surface area contributed by atoms with Gasteiger partial charge in [0.15, 0.2) is 6.61 Å². The first-order valence-electron chi connectivity index (χ1n) is 7.86. The minimum absolute atomic E-state index is 0.00133. The number of hydrogen-bond donors (Lipinski definition) is 1. The Balaban J connectivity index is 1.83. The maximum Gasteiger partial charge on any atom is 0.262 e. The summed E-state index contributed by atoms with van der Waals surface area (Å²) in [5, 5.41) is 2.85. The maximum absolute atomic E-state index is 11.9. The number of aryl methyl sites for hydroxylation is 2. The Morgan fingerprint density at radius 3 is 2.57 bits per heavy atom. The van der Waals surface area contributed by atoms with Gasteiger partial charge in [0, 0.05) is 10.2 Å². The number of nitrogens with one attached hydrogen (secondary N) is 1. The van der Waals surface area contributed by atoms with E-state index >= 15 is 0 Å². The number of hydrogen-bond acceptors (Lipinski definition) is 2. The van der Waals surface area contributed by atoms with Gasteiger partial charge in [-0.05, 0) is 61.2 Å². The van der Waals surface area contributed by atoms with Crippen molar-refractivity contribution in [2.75, 3.05) is 11.9 Å². The van der Waals surface area contributed by atoms with Gasteiger partial charge in [0.1, 0.15) is 5.75 Å². The fourth-order valence-corrected chi connectivity index (χ4v) is 2.44. The Morgan fingerprint density at radius 1 is 1.17 bits per heavy atom. The fourth-order valence-electron chi connectivity index (χ4n) is 2.19. The summed E-state index contributed by atoms with van der Waals surface area (Å²) in [5.74, 6) is 0.530. The van der Waals surface area contributed by atoms with E-state index in [1.54, 1.807) is 0 Å². The average molecular weight is 376 g/mol. The summed E-state index contributed by atoms with van der Waals surface area (Å²) in [6, 6.07) is 13.7. The topological polar surface area (TPSA) is 38.3 Å². The first-order chi connectivity index (χ1) is 11.1. The van der Waals surface area contributed by atoms with Crippen LogP contribution in [0.2, 0.25) is 0 Å². The quantitative estimate of drug-likeness (QED) is 0.729. The normalized spacial score (nSPS) is 10.4. The molecule has 2 aromatic carbocycles. The summed E-state index contributed by atoms with van der Waals surface area (Å²) in [5.41, 5.74) is 3.17. The Kier molecular flexibility index (Phi) is 6.66. The van der Waals surface area contributed by atoms with Gasteiger partial charge in [-0.3, -0.25) is 4.79 Å². The highest BCUT2D eigenvalue weighted by atomic mass is 79.9. The van der Waals surface area contributed by atoms with Crippen molar-refractivity contribution in [1.82, 2.24) is 0 Å². The number of carbonyl (C=O) groups is 1. The van der Waals surface area contributed by atoms with Gasteiger partial charge in [-0.2, -0.15) is 0 Å². The lowest BCUT2D eigenvalue weighted by atomic mass is 10.1. The molecule has 4 heteroatoms. The number of benzene rings is 2. The van der Waals surface area contributed by atoms with Crippen LogP contribution in [0, 0.1) is 6.92 Å². The van der Waals surface area contributed by atoms with E-state index in [0.717, 1.165) is 22.1 Å². The molecule has 0 aliphatic carbocycles. The number of halogens is 1. The average Bonchev–Trinajstić information content (AvgIpc) is 2.55. The zero-order chi connectivity index (χ0) is 16.7. The van der Waals surface area contributed by atoms with Crippen LogP contribution >= 0.6 is 15.9 Å². The Hall–Kier alpha value is -1.81. The van der Waals surface area contributed by atoms with Crippen LogP contribution in [-0.4, -0.2) is 12.5 Å². The lowest BCUT2D eigenvalue weighted by molar-refractivity contribution is -0.118. The minimum Gasteiger partial charge on any atom is -0.484 e. The fraction of sp³-hybridized carbons (Fsp3) is 0.316. The predicted octanol–water partition coefficient (Wildman–Crippen LogP) is 5.12. The highest BCUT2D eigenvalue weighted by Gasteiger charge is 2.05. The van der Waals surface area contributed by atoms with E-state index in [1.807, 2.05) is 37.3 Å². The molecule has 0 spiro atoms. The molecule has 1 N–H and O–H groups in total. The molecule has 0 saturated heterocycles.